The molecule has 128 valence electrons. The number of rotatable bonds is 6. The van der Waals surface area contributed by atoms with Crippen LogP contribution >= 0.6 is 11.8 Å². The maximum absolute atomic E-state index is 12.3. The zero-order valence-corrected chi connectivity index (χ0v) is 14.2. The van der Waals surface area contributed by atoms with Crippen molar-refractivity contribution in [3.8, 4) is 0 Å². The minimum Gasteiger partial charge on any atom is -0.325 e. The second-order valence-corrected chi connectivity index (χ2v) is 8.34. The van der Waals surface area contributed by atoms with Gasteiger partial charge in [-0.3, -0.25) is 4.79 Å². The smallest absolute Gasteiger partial charge is 0.288 e. The molecule has 1 saturated heterocycles. The van der Waals surface area contributed by atoms with Crippen LogP contribution in [0.25, 0.3) is 0 Å². The van der Waals surface area contributed by atoms with Gasteiger partial charge in [0.15, 0.2) is 0 Å². The quantitative estimate of drug-likeness (QED) is 0.788. The molecule has 0 bridgehead atoms. The zero-order chi connectivity index (χ0) is 17.0. The molecule has 9 heteroatoms. The van der Waals surface area contributed by atoms with E-state index in [2.05, 4.69) is 5.32 Å². The van der Waals surface area contributed by atoms with E-state index >= 15 is 0 Å². The molecule has 23 heavy (non-hydrogen) atoms. The van der Waals surface area contributed by atoms with Crippen LogP contribution < -0.4 is 5.32 Å². The fraction of sp³-hybridized carbons (Fsp3) is 0.500. The van der Waals surface area contributed by atoms with Crippen molar-refractivity contribution in [2.75, 3.05) is 17.6 Å². The highest BCUT2D eigenvalue weighted by atomic mass is 32.2. The first-order valence-electron chi connectivity index (χ1n) is 7.18. The van der Waals surface area contributed by atoms with Crippen molar-refractivity contribution in [3.63, 3.8) is 0 Å². The molecule has 1 aliphatic rings. The van der Waals surface area contributed by atoms with E-state index in [-0.39, 0.29) is 5.75 Å². The van der Waals surface area contributed by atoms with Gasteiger partial charge in [-0.1, -0.05) is 11.8 Å². The first-order valence-corrected chi connectivity index (χ1v) is 9.67. The summed E-state index contributed by atoms with van der Waals surface area (Å²) in [4.78, 5) is 12.7. The molecule has 1 fully saturated rings. The van der Waals surface area contributed by atoms with Crippen LogP contribution in [-0.4, -0.2) is 42.7 Å². The van der Waals surface area contributed by atoms with Crippen molar-refractivity contribution in [2.45, 2.75) is 36.5 Å². The number of halogens is 2. The van der Waals surface area contributed by atoms with E-state index in [1.807, 2.05) is 0 Å². The Morgan fingerprint density at radius 1 is 1.39 bits per heavy atom. The molecule has 2 rings (SSSR count). The Morgan fingerprint density at radius 3 is 2.61 bits per heavy atom. The summed E-state index contributed by atoms with van der Waals surface area (Å²) in [5.41, 5.74) is 0.453. The molecule has 1 amide bonds. The Morgan fingerprint density at radius 2 is 2.04 bits per heavy atom. The first-order chi connectivity index (χ1) is 10.8. The monoisotopic (exact) mass is 364 g/mol. The topological polar surface area (TPSA) is 66.5 Å². The van der Waals surface area contributed by atoms with Crippen molar-refractivity contribution in [1.82, 2.24) is 4.31 Å². The fourth-order valence-corrected chi connectivity index (χ4v) is 4.27. The van der Waals surface area contributed by atoms with E-state index in [4.69, 9.17) is 0 Å². The molecule has 0 saturated carbocycles. The third-order valence-electron chi connectivity index (χ3n) is 3.58. The number of anilines is 1. The van der Waals surface area contributed by atoms with E-state index in [1.165, 1.54) is 28.6 Å². The number of nitrogens with zero attached hydrogens (tertiary/aromatic N) is 1. The zero-order valence-electron chi connectivity index (χ0n) is 12.5. The summed E-state index contributed by atoms with van der Waals surface area (Å²) in [7, 11) is -3.42. The standard InChI is InChI=1S/C14H18F2N2O3S2/c1-2-23(20,21)18-9-3-4-12(18)13(19)17-10-5-7-11(8-6-10)22-14(15)16/h5-8,12,14H,2-4,9H2,1H3,(H,17,19)/t12-/m0/s1. The average molecular weight is 364 g/mol. The number of thioether (sulfide) groups is 1. The highest BCUT2D eigenvalue weighted by Gasteiger charge is 2.37. The van der Waals surface area contributed by atoms with Crippen molar-refractivity contribution >= 4 is 33.4 Å². The SMILES string of the molecule is CCS(=O)(=O)N1CCC[C@H]1C(=O)Nc1ccc(SC(F)F)cc1. The maximum atomic E-state index is 12.3. The second kappa shape index (κ2) is 7.59. The van der Waals surface area contributed by atoms with Crippen molar-refractivity contribution < 1.29 is 22.0 Å². The number of amides is 1. The summed E-state index contributed by atoms with van der Waals surface area (Å²) >= 11 is 0.424. The van der Waals surface area contributed by atoms with Gasteiger partial charge in [-0.05, 0) is 44.0 Å². The Bertz CT molecular complexity index is 650. The summed E-state index contributed by atoms with van der Waals surface area (Å²) < 4.78 is 49.7. The molecule has 5 nitrogen and oxygen atoms in total. The van der Waals surface area contributed by atoms with Crippen LogP contribution in [0.2, 0.25) is 0 Å². The molecule has 0 radical (unpaired) electrons. The molecule has 1 atom stereocenters. The molecule has 1 aromatic rings. The molecule has 0 aliphatic carbocycles. The van der Waals surface area contributed by atoms with Gasteiger partial charge in [0.05, 0.1) is 5.75 Å². The first kappa shape index (κ1) is 18.2. The molecule has 0 unspecified atom stereocenters. The van der Waals surface area contributed by atoms with Gasteiger partial charge in [-0.2, -0.15) is 13.1 Å². The van der Waals surface area contributed by atoms with Crippen LogP contribution in [0.1, 0.15) is 19.8 Å². The average Bonchev–Trinajstić information content (AvgIpc) is 2.99. The Labute approximate surface area is 138 Å². The Hall–Kier alpha value is -1.19. The van der Waals surface area contributed by atoms with E-state index in [0.29, 0.717) is 41.7 Å². The van der Waals surface area contributed by atoms with Crippen molar-refractivity contribution in [1.29, 1.82) is 0 Å². The molecule has 1 aromatic carbocycles. The molecule has 0 spiro atoms. The number of hydrogen-bond donors (Lipinski definition) is 1. The normalized spacial score (nSPS) is 19.2. The molecule has 1 N–H and O–H groups in total. The number of carbonyl (C=O) groups is 1. The molecular formula is C14H18F2N2O3S2. The van der Waals surface area contributed by atoms with Gasteiger partial charge in [0.2, 0.25) is 15.9 Å². The van der Waals surface area contributed by atoms with Gasteiger partial charge in [-0.25, -0.2) is 8.42 Å². The third-order valence-corrected chi connectivity index (χ3v) is 6.18. The van der Waals surface area contributed by atoms with Crippen LogP contribution in [0.5, 0.6) is 0 Å². The lowest BCUT2D eigenvalue weighted by atomic mass is 10.2. The van der Waals surface area contributed by atoms with Crippen LogP contribution in [0.4, 0.5) is 14.5 Å². The largest absolute Gasteiger partial charge is 0.325 e. The third kappa shape index (κ3) is 4.65. The highest BCUT2D eigenvalue weighted by molar-refractivity contribution is 7.99. The minimum atomic E-state index is -3.42. The predicted octanol–water partition coefficient (Wildman–Crippen LogP) is 2.75. The Kier molecular flexibility index (Phi) is 5.99. The summed E-state index contributed by atoms with van der Waals surface area (Å²) in [6.45, 7) is 1.89. The number of sulfonamides is 1. The van der Waals surface area contributed by atoms with Crippen LogP contribution in [0, 0.1) is 0 Å². The summed E-state index contributed by atoms with van der Waals surface area (Å²) in [5, 5.41) is 2.65. The van der Waals surface area contributed by atoms with Crippen molar-refractivity contribution in [2.24, 2.45) is 0 Å². The highest BCUT2D eigenvalue weighted by Crippen LogP contribution is 2.27. The second-order valence-electron chi connectivity index (χ2n) is 5.06. The lowest BCUT2D eigenvalue weighted by Gasteiger charge is -2.22. The Balaban J connectivity index is 2.04. The van der Waals surface area contributed by atoms with Gasteiger partial charge < -0.3 is 5.32 Å². The van der Waals surface area contributed by atoms with Crippen LogP contribution in [-0.2, 0) is 14.8 Å². The van der Waals surface area contributed by atoms with E-state index in [0.717, 1.165) is 0 Å². The lowest BCUT2D eigenvalue weighted by Crippen LogP contribution is -2.43. The molecule has 1 aliphatic heterocycles. The summed E-state index contributed by atoms with van der Waals surface area (Å²) in [6.07, 6.45) is 1.12. The summed E-state index contributed by atoms with van der Waals surface area (Å²) in [5.74, 6) is -2.94. The van der Waals surface area contributed by atoms with Gasteiger partial charge in [0.1, 0.15) is 6.04 Å². The summed E-state index contributed by atoms with van der Waals surface area (Å²) in [6, 6.07) is 5.31. The number of nitrogens with one attached hydrogen (secondary N) is 1. The molecular weight excluding hydrogens is 346 g/mol. The van der Waals surface area contributed by atoms with Gasteiger partial charge in [0, 0.05) is 17.1 Å². The maximum Gasteiger partial charge on any atom is 0.288 e. The van der Waals surface area contributed by atoms with Gasteiger partial charge >= 0.3 is 0 Å². The number of carbonyl (C=O) groups excluding carboxylic acids is 1. The van der Waals surface area contributed by atoms with Crippen molar-refractivity contribution in [3.05, 3.63) is 24.3 Å². The van der Waals surface area contributed by atoms with E-state index in [1.54, 1.807) is 6.92 Å². The molecule has 1 heterocycles. The van der Waals surface area contributed by atoms with E-state index in [9.17, 15) is 22.0 Å². The minimum absolute atomic E-state index is 0.0453. The van der Waals surface area contributed by atoms with E-state index < -0.39 is 27.7 Å². The van der Waals surface area contributed by atoms with Crippen LogP contribution in [0.3, 0.4) is 0 Å². The van der Waals surface area contributed by atoms with Gasteiger partial charge in [-0.15, -0.1) is 0 Å². The number of benzene rings is 1. The van der Waals surface area contributed by atoms with Crippen LogP contribution in [0.15, 0.2) is 29.2 Å². The predicted molar refractivity (Wildman–Crippen MR) is 86.1 cm³/mol. The number of hydrogen-bond acceptors (Lipinski definition) is 4. The lowest BCUT2D eigenvalue weighted by molar-refractivity contribution is -0.119. The fourth-order valence-electron chi connectivity index (χ4n) is 2.45. The molecule has 0 aromatic heterocycles. The number of alkyl halides is 2. The van der Waals surface area contributed by atoms with Gasteiger partial charge in [0.25, 0.3) is 5.76 Å².